The SMILES string of the molecule is CNCCNC(=O)c1cc(SC)ccc1C. The van der Waals surface area contributed by atoms with Crippen molar-refractivity contribution < 1.29 is 4.79 Å². The van der Waals surface area contributed by atoms with Gasteiger partial charge in [-0.1, -0.05) is 6.07 Å². The fraction of sp³-hybridized carbons (Fsp3) is 0.417. The van der Waals surface area contributed by atoms with Gasteiger partial charge in [-0.05, 0) is 37.9 Å². The molecule has 0 aliphatic heterocycles. The fourth-order valence-electron chi connectivity index (χ4n) is 1.37. The Morgan fingerprint density at radius 2 is 2.12 bits per heavy atom. The number of aryl methyl sites for hydroxylation is 1. The molecule has 0 saturated carbocycles. The van der Waals surface area contributed by atoms with Crippen LogP contribution in [0.1, 0.15) is 15.9 Å². The number of carbonyl (C=O) groups excluding carboxylic acids is 1. The number of rotatable bonds is 5. The Morgan fingerprint density at radius 3 is 2.75 bits per heavy atom. The maximum absolute atomic E-state index is 11.9. The molecule has 1 amide bonds. The minimum absolute atomic E-state index is 0.00338. The molecule has 0 aliphatic rings. The molecule has 0 aromatic heterocycles. The minimum atomic E-state index is 0.00338. The van der Waals surface area contributed by atoms with Gasteiger partial charge in [0.15, 0.2) is 0 Å². The van der Waals surface area contributed by atoms with Gasteiger partial charge in [0.05, 0.1) is 0 Å². The lowest BCUT2D eigenvalue weighted by Crippen LogP contribution is -2.30. The van der Waals surface area contributed by atoms with Crippen molar-refractivity contribution in [1.29, 1.82) is 0 Å². The van der Waals surface area contributed by atoms with E-state index >= 15 is 0 Å². The number of thioether (sulfide) groups is 1. The van der Waals surface area contributed by atoms with Crippen molar-refractivity contribution in [3.05, 3.63) is 29.3 Å². The van der Waals surface area contributed by atoms with Crippen LogP contribution in [0, 0.1) is 6.92 Å². The number of nitrogens with one attached hydrogen (secondary N) is 2. The molecule has 88 valence electrons. The lowest BCUT2D eigenvalue weighted by Gasteiger charge is -2.08. The zero-order valence-electron chi connectivity index (χ0n) is 9.96. The van der Waals surface area contributed by atoms with Gasteiger partial charge in [-0.15, -0.1) is 11.8 Å². The summed E-state index contributed by atoms with van der Waals surface area (Å²) in [5, 5.41) is 5.87. The van der Waals surface area contributed by atoms with Gasteiger partial charge in [-0.2, -0.15) is 0 Å². The number of benzene rings is 1. The molecule has 2 N–H and O–H groups in total. The Morgan fingerprint density at radius 1 is 1.38 bits per heavy atom. The molecule has 0 unspecified atom stereocenters. The quantitative estimate of drug-likeness (QED) is 0.605. The third-order valence-corrected chi connectivity index (χ3v) is 3.08. The van der Waals surface area contributed by atoms with E-state index in [4.69, 9.17) is 0 Å². The molecule has 0 heterocycles. The average molecular weight is 238 g/mol. The van der Waals surface area contributed by atoms with Crippen LogP contribution in [0.25, 0.3) is 0 Å². The van der Waals surface area contributed by atoms with E-state index in [0.717, 1.165) is 22.6 Å². The van der Waals surface area contributed by atoms with Gasteiger partial charge in [0.25, 0.3) is 5.91 Å². The van der Waals surface area contributed by atoms with E-state index in [1.165, 1.54) is 0 Å². The molecule has 0 radical (unpaired) electrons. The Hall–Kier alpha value is -1.00. The predicted octanol–water partition coefficient (Wildman–Crippen LogP) is 1.67. The maximum atomic E-state index is 11.9. The first-order valence-corrected chi connectivity index (χ1v) is 6.49. The lowest BCUT2D eigenvalue weighted by molar-refractivity contribution is 0.0953. The van der Waals surface area contributed by atoms with Crippen molar-refractivity contribution in [2.75, 3.05) is 26.4 Å². The van der Waals surface area contributed by atoms with Gasteiger partial charge in [-0.3, -0.25) is 4.79 Å². The van der Waals surface area contributed by atoms with Crippen molar-refractivity contribution in [3.63, 3.8) is 0 Å². The lowest BCUT2D eigenvalue weighted by atomic mass is 10.1. The van der Waals surface area contributed by atoms with Gasteiger partial charge >= 0.3 is 0 Å². The van der Waals surface area contributed by atoms with E-state index < -0.39 is 0 Å². The van der Waals surface area contributed by atoms with Crippen LogP contribution < -0.4 is 10.6 Å². The number of hydrogen-bond donors (Lipinski definition) is 2. The van der Waals surface area contributed by atoms with Crippen LogP contribution in [0.15, 0.2) is 23.1 Å². The van der Waals surface area contributed by atoms with Crippen LogP contribution in [-0.2, 0) is 0 Å². The Labute approximate surface area is 101 Å². The van der Waals surface area contributed by atoms with E-state index in [0.29, 0.717) is 6.54 Å². The smallest absolute Gasteiger partial charge is 0.251 e. The standard InChI is InChI=1S/C12H18N2OS/c1-9-4-5-10(16-3)8-11(9)12(15)14-7-6-13-2/h4-5,8,13H,6-7H2,1-3H3,(H,14,15). The summed E-state index contributed by atoms with van der Waals surface area (Å²) in [5.41, 5.74) is 1.78. The van der Waals surface area contributed by atoms with Gasteiger partial charge in [0.1, 0.15) is 0 Å². The van der Waals surface area contributed by atoms with Crippen molar-refractivity contribution in [2.24, 2.45) is 0 Å². The molecule has 0 bridgehead atoms. The summed E-state index contributed by atoms with van der Waals surface area (Å²) in [6.45, 7) is 3.39. The molecule has 0 saturated heterocycles. The molecule has 1 aromatic carbocycles. The van der Waals surface area contributed by atoms with Crippen molar-refractivity contribution in [3.8, 4) is 0 Å². The highest BCUT2D eigenvalue weighted by Gasteiger charge is 2.08. The zero-order valence-corrected chi connectivity index (χ0v) is 10.8. The largest absolute Gasteiger partial charge is 0.351 e. The molecular weight excluding hydrogens is 220 g/mol. The predicted molar refractivity (Wildman–Crippen MR) is 69.2 cm³/mol. The molecular formula is C12H18N2OS. The molecule has 4 heteroatoms. The highest BCUT2D eigenvalue weighted by atomic mass is 32.2. The van der Waals surface area contributed by atoms with Crippen LogP contribution in [0.5, 0.6) is 0 Å². The summed E-state index contributed by atoms with van der Waals surface area (Å²) < 4.78 is 0. The Kier molecular flexibility index (Phi) is 5.35. The van der Waals surface area contributed by atoms with Gasteiger partial charge in [0, 0.05) is 23.5 Å². The van der Waals surface area contributed by atoms with Crippen LogP contribution in [0.2, 0.25) is 0 Å². The second-order valence-electron chi connectivity index (χ2n) is 3.54. The van der Waals surface area contributed by atoms with Gasteiger partial charge in [-0.25, -0.2) is 0 Å². The average Bonchev–Trinajstić information content (AvgIpc) is 2.30. The first kappa shape index (κ1) is 13.1. The number of hydrogen-bond acceptors (Lipinski definition) is 3. The number of carbonyl (C=O) groups is 1. The molecule has 1 aromatic rings. The van der Waals surface area contributed by atoms with Crippen LogP contribution in [0.3, 0.4) is 0 Å². The molecule has 1 rings (SSSR count). The summed E-state index contributed by atoms with van der Waals surface area (Å²) in [5.74, 6) is 0.00338. The molecule has 3 nitrogen and oxygen atoms in total. The topological polar surface area (TPSA) is 41.1 Å². The van der Waals surface area contributed by atoms with E-state index in [-0.39, 0.29) is 5.91 Å². The summed E-state index contributed by atoms with van der Waals surface area (Å²) in [7, 11) is 1.87. The summed E-state index contributed by atoms with van der Waals surface area (Å²) in [4.78, 5) is 13.0. The first-order valence-electron chi connectivity index (χ1n) is 5.26. The van der Waals surface area contributed by atoms with Crippen LogP contribution in [-0.4, -0.2) is 32.3 Å². The van der Waals surface area contributed by atoms with E-state index in [1.807, 2.05) is 38.4 Å². The second-order valence-corrected chi connectivity index (χ2v) is 4.42. The second kappa shape index (κ2) is 6.55. The van der Waals surface area contributed by atoms with Gasteiger partial charge < -0.3 is 10.6 Å². The zero-order chi connectivity index (χ0) is 12.0. The van der Waals surface area contributed by atoms with Gasteiger partial charge in [0.2, 0.25) is 0 Å². The normalized spacial score (nSPS) is 10.2. The third-order valence-electron chi connectivity index (χ3n) is 2.35. The molecule has 0 fully saturated rings. The van der Waals surface area contributed by atoms with E-state index in [1.54, 1.807) is 11.8 Å². The molecule has 0 spiro atoms. The molecule has 16 heavy (non-hydrogen) atoms. The summed E-state index contributed by atoms with van der Waals surface area (Å²) in [6.07, 6.45) is 2.01. The first-order chi connectivity index (χ1) is 7.69. The molecule has 0 atom stereocenters. The van der Waals surface area contributed by atoms with Crippen molar-refractivity contribution in [2.45, 2.75) is 11.8 Å². The monoisotopic (exact) mass is 238 g/mol. The minimum Gasteiger partial charge on any atom is -0.351 e. The third kappa shape index (κ3) is 3.54. The van der Waals surface area contributed by atoms with E-state index in [9.17, 15) is 4.79 Å². The number of amides is 1. The highest BCUT2D eigenvalue weighted by molar-refractivity contribution is 7.98. The fourth-order valence-corrected chi connectivity index (χ4v) is 1.81. The summed E-state index contributed by atoms with van der Waals surface area (Å²) >= 11 is 1.65. The van der Waals surface area contributed by atoms with Crippen LogP contribution >= 0.6 is 11.8 Å². The van der Waals surface area contributed by atoms with Crippen molar-refractivity contribution in [1.82, 2.24) is 10.6 Å². The summed E-state index contributed by atoms with van der Waals surface area (Å²) in [6, 6.07) is 5.96. The maximum Gasteiger partial charge on any atom is 0.251 e. The molecule has 0 aliphatic carbocycles. The Bertz CT molecular complexity index is 366. The van der Waals surface area contributed by atoms with E-state index in [2.05, 4.69) is 10.6 Å². The highest BCUT2D eigenvalue weighted by Crippen LogP contribution is 2.18. The van der Waals surface area contributed by atoms with Crippen molar-refractivity contribution >= 4 is 17.7 Å². The van der Waals surface area contributed by atoms with Crippen LogP contribution in [0.4, 0.5) is 0 Å². The number of likely N-dealkylation sites (N-methyl/N-ethyl adjacent to an activating group) is 1. The Balaban J connectivity index is 2.73.